The zero-order valence-corrected chi connectivity index (χ0v) is 17.3. The number of hydrogen-bond acceptors (Lipinski definition) is 6. The van der Waals surface area contributed by atoms with Gasteiger partial charge in [0, 0.05) is 11.9 Å². The quantitative estimate of drug-likeness (QED) is 0.676. The first-order valence-corrected chi connectivity index (χ1v) is 10.8. The van der Waals surface area contributed by atoms with E-state index in [0.717, 1.165) is 23.3 Å². The van der Waals surface area contributed by atoms with E-state index < -0.39 is 5.41 Å². The first-order chi connectivity index (χ1) is 14.1. The molecule has 0 bridgehead atoms. The standard InChI is InChI=1S/C22H25NO5S/c1-23(14-17-5-4-12-29-17)20(24)15-28-21(25)22(8-2-3-9-22)16-6-7-18-19(13-16)27-11-10-26-18/h4-7,12-13H,2-3,8-11,14-15H2,1H3. The Bertz CT molecular complexity index is 873. The first kappa shape index (κ1) is 19.8. The molecule has 0 atom stereocenters. The Hall–Kier alpha value is -2.54. The number of ether oxygens (including phenoxy) is 3. The second kappa shape index (κ2) is 8.45. The number of amides is 1. The number of carbonyl (C=O) groups excluding carboxylic acids is 2. The Balaban J connectivity index is 1.44. The molecule has 1 fully saturated rings. The summed E-state index contributed by atoms with van der Waals surface area (Å²) < 4.78 is 16.8. The number of rotatable bonds is 6. The van der Waals surface area contributed by atoms with Crippen LogP contribution in [0.15, 0.2) is 35.7 Å². The molecule has 1 aromatic carbocycles. The van der Waals surface area contributed by atoms with Crippen molar-refractivity contribution in [3.8, 4) is 11.5 Å². The Morgan fingerprint density at radius 1 is 1.14 bits per heavy atom. The number of hydrogen-bond donors (Lipinski definition) is 0. The van der Waals surface area contributed by atoms with Gasteiger partial charge in [-0.05, 0) is 42.0 Å². The lowest BCUT2D eigenvalue weighted by Crippen LogP contribution is -2.38. The van der Waals surface area contributed by atoms with Gasteiger partial charge in [-0.3, -0.25) is 9.59 Å². The molecule has 1 aliphatic carbocycles. The number of nitrogens with zero attached hydrogens (tertiary/aromatic N) is 1. The lowest BCUT2D eigenvalue weighted by atomic mass is 9.78. The van der Waals surface area contributed by atoms with Gasteiger partial charge in [-0.15, -0.1) is 11.3 Å². The van der Waals surface area contributed by atoms with E-state index in [-0.39, 0.29) is 18.5 Å². The highest BCUT2D eigenvalue weighted by atomic mass is 32.1. The lowest BCUT2D eigenvalue weighted by molar-refractivity contribution is -0.156. The number of esters is 1. The fourth-order valence-corrected chi connectivity index (χ4v) is 4.79. The van der Waals surface area contributed by atoms with Crippen LogP contribution in [0, 0.1) is 0 Å². The summed E-state index contributed by atoms with van der Waals surface area (Å²) in [6.45, 7) is 1.30. The van der Waals surface area contributed by atoms with Gasteiger partial charge in [0.2, 0.25) is 0 Å². The van der Waals surface area contributed by atoms with Crippen LogP contribution < -0.4 is 9.47 Å². The zero-order valence-electron chi connectivity index (χ0n) is 16.5. The van der Waals surface area contributed by atoms with Crippen LogP contribution in [0.5, 0.6) is 11.5 Å². The third-order valence-corrected chi connectivity index (χ3v) is 6.53. The number of fused-ring (bicyclic) bond motifs is 1. The number of carbonyl (C=O) groups is 2. The van der Waals surface area contributed by atoms with E-state index in [2.05, 4.69) is 0 Å². The van der Waals surface area contributed by atoms with Gasteiger partial charge >= 0.3 is 5.97 Å². The van der Waals surface area contributed by atoms with E-state index in [4.69, 9.17) is 14.2 Å². The molecule has 6 nitrogen and oxygen atoms in total. The number of likely N-dealkylation sites (N-methyl/N-ethyl adjacent to an activating group) is 1. The Morgan fingerprint density at radius 2 is 1.90 bits per heavy atom. The second-order valence-electron chi connectivity index (χ2n) is 7.55. The number of benzene rings is 1. The van der Waals surface area contributed by atoms with Crippen LogP contribution in [0.25, 0.3) is 0 Å². The van der Waals surface area contributed by atoms with E-state index in [9.17, 15) is 9.59 Å². The average molecular weight is 416 g/mol. The molecule has 154 valence electrons. The molecule has 1 aliphatic heterocycles. The van der Waals surface area contributed by atoms with Gasteiger partial charge in [0.1, 0.15) is 13.2 Å². The van der Waals surface area contributed by atoms with Crippen LogP contribution in [0.4, 0.5) is 0 Å². The summed E-state index contributed by atoms with van der Waals surface area (Å²) in [5.41, 5.74) is 0.159. The van der Waals surface area contributed by atoms with Crippen molar-refractivity contribution in [2.24, 2.45) is 0 Å². The highest BCUT2D eigenvalue weighted by Crippen LogP contribution is 2.45. The minimum Gasteiger partial charge on any atom is -0.486 e. The van der Waals surface area contributed by atoms with Crippen molar-refractivity contribution in [2.75, 3.05) is 26.9 Å². The van der Waals surface area contributed by atoms with Gasteiger partial charge in [-0.2, -0.15) is 0 Å². The van der Waals surface area contributed by atoms with Gasteiger partial charge < -0.3 is 19.1 Å². The summed E-state index contributed by atoms with van der Waals surface area (Å²) in [6.07, 6.45) is 3.33. The molecule has 0 radical (unpaired) electrons. The molecule has 4 rings (SSSR count). The van der Waals surface area contributed by atoms with Crippen LogP contribution in [0.3, 0.4) is 0 Å². The van der Waals surface area contributed by atoms with E-state index in [0.29, 0.717) is 44.1 Å². The van der Waals surface area contributed by atoms with Crippen LogP contribution in [-0.2, 0) is 26.3 Å². The molecular weight excluding hydrogens is 390 g/mol. The van der Waals surface area contributed by atoms with Crippen molar-refractivity contribution in [1.82, 2.24) is 4.90 Å². The Kier molecular flexibility index (Phi) is 5.76. The predicted molar refractivity (Wildman–Crippen MR) is 109 cm³/mol. The molecule has 2 aromatic rings. The van der Waals surface area contributed by atoms with Crippen molar-refractivity contribution in [1.29, 1.82) is 0 Å². The summed E-state index contributed by atoms with van der Waals surface area (Å²) in [5.74, 6) is 0.832. The minimum absolute atomic E-state index is 0.206. The monoisotopic (exact) mass is 415 g/mol. The summed E-state index contributed by atoms with van der Waals surface area (Å²) in [7, 11) is 1.72. The molecule has 1 aromatic heterocycles. The Labute approximate surface area is 174 Å². The smallest absolute Gasteiger partial charge is 0.317 e. The molecule has 2 heterocycles. The molecule has 0 saturated heterocycles. The van der Waals surface area contributed by atoms with Gasteiger partial charge in [-0.1, -0.05) is 25.0 Å². The summed E-state index contributed by atoms with van der Waals surface area (Å²) in [6, 6.07) is 9.61. The van der Waals surface area contributed by atoms with Crippen molar-refractivity contribution in [2.45, 2.75) is 37.6 Å². The SMILES string of the molecule is CN(Cc1cccs1)C(=O)COC(=O)C1(c2ccc3c(c2)OCCO3)CCCC1. The Morgan fingerprint density at radius 3 is 2.62 bits per heavy atom. The fraction of sp³-hybridized carbons (Fsp3) is 0.455. The van der Waals surface area contributed by atoms with Crippen LogP contribution in [0.2, 0.25) is 0 Å². The van der Waals surface area contributed by atoms with Gasteiger partial charge in [0.25, 0.3) is 5.91 Å². The number of thiophene rings is 1. The molecule has 0 spiro atoms. The van der Waals surface area contributed by atoms with E-state index in [1.807, 2.05) is 35.7 Å². The van der Waals surface area contributed by atoms with Crippen molar-refractivity contribution < 1.29 is 23.8 Å². The second-order valence-corrected chi connectivity index (χ2v) is 8.59. The van der Waals surface area contributed by atoms with Crippen LogP contribution in [-0.4, -0.2) is 43.6 Å². The minimum atomic E-state index is -0.720. The fourth-order valence-electron chi connectivity index (χ4n) is 4.03. The largest absolute Gasteiger partial charge is 0.486 e. The molecule has 1 amide bonds. The van der Waals surface area contributed by atoms with E-state index >= 15 is 0 Å². The molecular formula is C22H25NO5S. The van der Waals surface area contributed by atoms with Crippen molar-refractivity contribution in [3.05, 3.63) is 46.2 Å². The summed E-state index contributed by atoms with van der Waals surface area (Å²) >= 11 is 1.60. The molecule has 0 unspecified atom stereocenters. The van der Waals surface area contributed by atoms with Gasteiger partial charge in [0.15, 0.2) is 18.1 Å². The third-order valence-electron chi connectivity index (χ3n) is 5.67. The maximum atomic E-state index is 13.1. The maximum Gasteiger partial charge on any atom is 0.317 e. The average Bonchev–Trinajstić information content (AvgIpc) is 3.44. The molecule has 0 N–H and O–H groups in total. The van der Waals surface area contributed by atoms with Gasteiger partial charge in [-0.25, -0.2) is 0 Å². The topological polar surface area (TPSA) is 65.1 Å². The molecule has 29 heavy (non-hydrogen) atoms. The van der Waals surface area contributed by atoms with Crippen molar-refractivity contribution in [3.63, 3.8) is 0 Å². The third kappa shape index (κ3) is 4.10. The van der Waals surface area contributed by atoms with Gasteiger partial charge in [0.05, 0.1) is 12.0 Å². The molecule has 2 aliphatic rings. The lowest BCUT2D eigenvalue weighted by Gasteiger charge is -2.29. The highest BCUT2D eigenvalue weighted by molar-refractivity contribution is 7.09. The summed E-state index contributed by atoms with van der Waals surface area (Å²) in [4.78, 5) is 28.2. The van der Waals surface area contributed by atoms with E-state index in [1.165, 1.54) is 0 Å². The predicted octanol–water partition coefficient (Wildman–Crippen LogP) is 3.53. The van der Waals surface area contributed by atoms with Crippen LogP contribution in [0.1, 0.15) is 36.1 Å². The zero-order chi connectivity index (χ0) is 20.3. The summed E-state index contributed by atoms with van der Waals surface area (Å²) in [5, 5.41) is 1.98. The van der Waals surface area contributed by atoms with Crippen LogP contribution >= 0.6 is 11.3 Å². The maximum absolute atomic E-state index is 13.1. The van der Waals surface area contributed by atoms with Crippen molar-refractivity contribution >= 4 is 23.2 Å². The van der Waals surface area contributed by atoms with E-state index in [1.54, 1.807) is 23.3 Å². The normalized spacial score (nSPS) is 17.0. The molecule has 1 saturated carbocycles. The molecule has 7 heteroatoms. The first-order valence-electron chi connectivity index (χ1n) is 9.92. The highest BCUT2D eigenvalue weighted by Gasteiger charge is 2.45.